The lowest BCUT2D eigenvalue weighted by Gasteiger charge is -2.48. The van der Waals surface area contributed by atoms with Gasteiger partial charge in [-0.25, -0.2) is 4.79 Å². The van der Waals surface area contributed by atoms with Gasteiger partial charge in [-0.2, -0.15) is 13.2 Å². The molecule has 0 aromatic carbocycles. The van der Waals surface area contributed by atoms with Crippen LogP contribution in [0, 0.1) is 0 Å². The van der Waals surface area contributed by atoms with E-state index in [1.54, 1.807) is 24.5 Å². The number of nitrogens with zero attached hydrogens (tertiary/aromatic N) is 2. The molecule has 2 aliphatic heterocycles. The minimum absolute atomic E-state index is 0.0233. The first-order valence-electron chi connectivity index (χ1n) is 8.93. The lowest BCUT2D eigenvalue weighted by Crippen LogP contribution is -2.63. The van der Waals surface area contributed by atoms with Crippen LogP contribution in [0.2, 0.25) is 0 Å². The number of carbonyl (C=O) groups is 3. The van der Waals surface area contributed by atoms with Crippen molar-refractivity contribution in [3.8, 4) is 0 Å². The van der Waals surface area contributed by atoms with Gasteiger partial charge in [0, 0.05) is 25.4 Å². The molecular weight excluding hydrogens is 379 g/mol. The molecule has 0 aliphatic carbocycles. The molecule has 2 N–H and O–H groups in total. The lowest BCUT2D eigenvalue weighted by atomic mass is 9.78. The maximum Gasteiger partial charge on any atom is 0.490 e. The van der Waals surface area contributed by atoms with Crippen LogP contribution in [0.3, 0.4) is 0 Å². The summed E-state index contributed by atoms with van der Waals surface area (Å²) in [4.78, 5) is 39.3. The highest BCUT2D eigenvalue weighted by Gasteiger charge is 2.49. The van der Waals surface area contributed by atoms with E-state index in [1.165, 1.54) is 0 Å². The molecule has 2 fully saturated rings. The molecule has 0 bridgehead atoms. The summed E-state index contributed by atoms with van der Waals surface area (Å²) in [7, 11) is 0. The SMILES string of the molecule is CC[C@@H]1N(C(=O)c2cccnc2)CCC[C@]12CCC(=O)N2.O=C(O)C(F)(F)F. The molecule has 3 rings (SSSR count). The second kappa shape index (κ2) is 8.57. The Morgan fingerprint density at radius 1 is 1.39 bits per heavy atom. The quantitative estimate of drug-likeness (QED) is 0.793. The van der Waals surface area contributed by atoms with Gasteiger partial charge >= 0.3 is 12.1 Å². The first-order valence-corrected chi connectivity index (χ1v) is 8.93. The molecule has 28 heavy (non-hydrogen) atoms. The fourth-order valence-corrected chi connectivity index (χ4v) is 3.87. The largest absolute Gasteiger partial charge is 0.490 e. The number of hydrogen-bond acceptors (Lipinski definition) is 4. The smallest absolute Gasteiger partial charge is 0.475 e. The van der Waals surface area contributed by atoms with E-state index in [0.717, 1.165) is 32.2 Å². The van der Waals surface area contributed by atoms with E-state index in [2.05, 4.69) is 17.2 Å². The Labute approximate surface area is 159 Å². The number of nitrogens with one attached hydrogen (secondary N) is 1. The van der Waals surface area contributed by atoms with E-state index in [-0.39, 0.29) is 23.4 Å². The molecule has 0 unspecified atom stereocenters. The van der Waals surface area contributed by atoms with E-state index >= 15 is 0 Å². The van der Waals surface area contributed by atoms with Gasteiger partial charge in [-0.3, -0.25) is 14.6 Å². The molecule has 2 saturated heterocycles. The molecule has 2 aliphatic rings. The molecule has 1 aromatic heterocycles. The Balaban J connectivity index is 0.000000345. The molecular formula is C18H22F3N3O4. The minimum atomic E-state index is -5.08. The molecule has 2 atom stereocenters. The van der Waals surface area contributed by atoms with Gasteiger partial charge in [-0.05, 0) is 37.8 Å². The highest BCUT2D eigenvalue weighted by atomic mass is 19.4. The summed E-state index contributed by atoms with van der Waals surface area (Å²) >= 11 is 0. The Hall–Kier alpha value is -2.65. The van der Waals surface area contributed by atoms with E-state index in [1.807, 2.05) is 4.90 Å². The van der Waals surface area contributed by atoms with Crippen molar-refractivity contribution in [2.45, 2.75) is 56.8 Å². The molecule has 1 aromatic rings. The second-order valence-corrected chi connectivity index (χ2v) is 6.78. The van der Waals surface area contributed by atoms with Crippen LogP contribution < -0.4 is 5.32 Å². The number of aliphatic carboxylic acids is 1. The predicted octanol–water partition coefficient (Wildman–Crippen LogP) is 2.38. The van der Waals surface area contributed by atoms with E-state index < -0.39 is 12.1 Å². The van der Waals surface area contributed by atoms with Gasteiger partial charge < -0.3 is 15.3 Å². The first kappa shape index (κ1) is 21.6. The molecule has 154 valence electrons. The van der Waals surface area contributed by atoms with E-state index in [9.17, 15) is 22.8 Å². The third-order valence-electron chi connectivity index (χ3n) is 5.02. The number of amides is 2. The number of likely N-dealkylation sites (tertiary alicyclic amines) is 1. The van der Waals surface area contributed by atoms with Gasteiger partial charge in [0.25, 0.3) is 5.91 Å². The van der Waals surface area contributed by atoms with E-state index in [4.69, 9.17) is 9.90 Å². The normalized spacial score (nSPS) is 24.4. The molecule has 2 amide bonds. The summed E-state index contributed by atoms with van der Waals surface area (Å²) in [5, 5.41) is 10.3. The highest BCUT2D eigenvalue weighted by molar-refractivity contribution is 5.94. The zero-order chi connectivity index (χ0) is 20.9. The Morgan fingerprint density at radius 2 is 2.07 bits per heavy atom. The third-order valence-corrected chi connectivity index (χ3v) is 5.02. The second-order valence-electron chi connectivity index (χ2n) is 6.78. The predicted molar refractivity (Wildman–Crippen MR) is 92.4 cm³/mol. The number of alkyl halides is 3. The Bertz CT molecular complexity index is 727. The maximum absolute atomic E-state index is 12.8. The molecule has 10 heteroatoms. The number of piperidine rings is 1. The number of aromatic nitrogens is 1. The van der Waals surface area contributed by atoms with Crippen molar-refractivity contribution in [2.24, 2.45) is 0 Å². The topological polar surface area (TPSA) is 99.6 Å². The van der Waals surface area contributed by atoms with Crippen LogP contribution >= 0.6 is 0 Å². The number of carboxylic acids is 1. The lowest BCUT2D eigenvalue weighted by molar-refractivity contribution is -0.192. The van der Waals surface area contributed by atoms with Crippen molar-refractivity contribution >= 4 is 17.8 Å². The van der Waals surface area contributed by atoms with Crippen LogP contribution in [-0.4, -0.2) is 57.1 Å². The third kappa shape index (κ3) is 4.79. The van der Waals surface area contributed by atoms with Crippen molar-refractivity contribution in [1.82, 2.24) is 15.2 Å². The van der Waals surface area contributed by atoms with Gasteiger partial charge in [0.05, 0.1) is 17.1 Å². The van der Waals surface area contributed by atoms with Crippen molar-refractivity contribution in [3.05, 3.63) is 30.1 Å². The standard InChI is InChI=1S/C16H21N3O2.C2HF3O2/c1-2-13-16(8-6-14(20)18-16)7-4-10-19(13)15(21)12-5-3-9-17-11-12;3-2(4,5)1(6)7/h3,5,9,11,13H,2,4,6-8,10H2,1H3,(H,18,20);(H,6,7)/t13-,16-;/m0./s1. The van der Waals surface area contributed by atoms with E-state index in [0.29, 0.717) is 12.0 Å². The fraction of sp³-hybridized carbons (Fsp3) is 0.556. The number of carbonyl (C=O) groups excluding carboxylic acids is 2. The number of carboxylic acid groups (broad SMARTS) is 1. The van der Waals surface area contributed by atoms with Crippen molar-refractivity contribution in [2.75, 3.05) is 6.54 Å². The van der Waals surface area contributed by atoms with Crippen LogP contribution in [0.5, 0.6) is 0 Å². The maximum atomic E-state index is 12.8. The number of halogens is 3. The van der Waals surface area contributed by atoms with Gasteiger partial charge in [0.2, 0.25) is 5.91 Å². The zero-order valence-electron chi connectivity index (χ0n) is 15.3. The van der Waals surface area contributed by atoms with Gasteiger partial charge in [0.15, 0.2) is 0 Å². The van der Waals surface area contributed by atoms with Gasteiger partial charge in [0.1, 0.15) is 0 Å². The molecule has 1 spiro atoms. The summed E-state index contributed by atoms with van der Waals surface area (Å²) in [5.41, 5.74) is 0.402. The van der Waals surface area contributed by atoms with Crippen LogP contribution in [0.15, 0.2) is 24.5 Å². The Kier molecular flexibility index (Phi) is 6.63. The molecule has 7 nitrogen and oxygen atoms in total. The van der Waals surface area contributed by atoms with Crippen LogP contribution in [0.1, 0.15) is 49.4 Å². The summed E-state index contributed by atoms with van der Waals surface area (Å²) < 4.78 is 31.7. The molecule has 3 heterocycles. The van der Waals surface area contributed by atoms with Gasteiger partial charge in [-0.15, -0.1) is 0 Å². The summed E-state index contributed by atoms with van der Waals surface area (Å²) in [6.45, 7) is 2.84. The average molecular weight is 401 g/mol. The van der Waals surface area contributed by atoms with Crippen molar-refractivity contribution < 1.29 is 32.7 Å². The van der Waals surface area contributed by atoms with Crippen LogP contribution in [0.4, 0.5) is 13.2 Å². The average Bonchev–Trinajstić information content (AvgIpc) is 3.02. The number of pyridine rings is 1. The first-order chi connectivity index (χ1) is 13.1. The zero-order valence-corrected chi connectivity index (χ0v) is 15.3. The molecule has 0 radical (unpaired) electrons. The monoisotopic (exact) mass is 401 g/mol. The highest BCUT2D eigenvalue weighted by Crippen LogP contribution is 2.37. The number of rotatable bonds is 2. The molecule has 0 saturated carbocycles. The van der Waals surface area contributed by atoms with Crippen molar-refractivity contribution in [1.29, 1.82) is 0 Å². The minimum Gasteiger partial charge on any atom is -0.475 e. The van der Waals surface area contributed by atoms with Crippen molar-refractivity contribution in [3.63, 3.8) is 0 Å². The number of hydrogen-bond donors (Lipinski definition) is 2. The Morgan fingerprint density at radius 3 is 2.54 bits per heavy atom. The van der Waals surface area contributed by atoms with Crippen LogP contribution in [0.25, 0.3) is 0 Å². The fourth-order valence-electron chi connectivity index (χ4n) is 3.87. The van der Waals surface area contributed by atoms with Crippen LogP contribution in [-0.2, 0) is 9.59 Å². The summed E-state index contributed by atoms with van der Waals surface area (Å²) in [5.74, 6) is -2.62. The summed E-state index contributed by atoms with van der Waals surface area (Å²) in [6, 6.07) is 3.66. The summed E-state index contributed by atoms with van der Waals surface area (Å²) in [6.07, 6.45) is 2.36. The van der Waals surface area contributed by atoms with Gasteiger partial charge in [-0.1, -0.05) is 6.92 Å².